The Hall–Kier alpha value is -1.77. The van der Waals surface area contributed by atoms with Gasteiger partial charge in [-0.25, -0.2) is 4.79 Å². The first kappa shape index (κ1) is 24.5. The molecule has 170 valence electrons. The molecule has 2 rings (SSSR count). The van der Waals surface area contributed by atoms with E-state index in [1.165, 1.54) is 18.2 Å². The molecule has 0 N–H and O–H groups in total. The number of unbranched alkanes of at least 4 members (excludes halogenated alkanes) is 3. The van der Waals surface area contributed by atoms with E-state index in [1.807, 2.05) is 6.92 Å². The molecule has 1 aromatic rings. The average Bonchev–Trinajstić information content (AvgIpc) is 3.42. The SMILES string of the molecule is CCCCCC[C@H]1C[C@H]1[C@H](OC(=O)[C@@](OC)(c1ccccc1)C(F)(F)F)C(F)(F)F. The first-order chi connectivity index (χ1) is 14.0. The summed E-state index contributed by atoms with van der Waals surface area (Å²) in [7, 11) is 0.623. The van der Waals surface area contributed by atoms with Crippen molar-refractivity contribution < 1.29 is 40.6 Å². The number of esters is 1. The molecule has 3 nitrogen and oxygen atoms in total. The Morgan fingerprint density at radius 1 is 1.07 bits per heavy atom. The Bertz CT molecular complexity index is 688. The lowest BCUT2D eigenvalue weighted by molar-refractivity contribution is -0.290. The second-order valence-electron chi connectivity index (χ2n) is 7.63. The zero-order chi connectivity index (χ0) is 22.6. The molecule has 4 atom stereocenters. The van der Waals surface area contributed by atoms with Crippen molar-refractivity contribution in [2.45, 2.75) is 69.5 Å². The van der Waals surface area contributed by atoms with E-state index in [2.05, 4.69) is 9.47 Å². The van der Waals surface area contributed by atoms with Crippen molar-refractivity contribution in [3.05, 3.63) is 35.9 Å². The lowest BCUT2D eigenvalue weighted by atomic mass is 9.92. The molecule has 0 radical (unpaired) electrons. The first-order valence-electron chi connectivity index (χ1n) is 9.94. The summed E-state index contributed by atoms with van der Waals surface area (Å²) in [5.74, 6) is -3.46. The molecule has 1 aliphatic rings. The van der Waals surface area contributed by atoms with Crippen molar-refractivity contribution in [2.75, 3.05) is 7.11 Å². The van der Waals surface area contributed by atoms with Gasteiger partial charge in [0.1, 0.15) is 0 Å². The summed E-state index contributed by atoms with van der Waals surface area (Å²) in [4.78, 5) is 12.6. The second-order valence-corrected chi connectivity index (χ2v) is 7.63. The van der Waals surface area contributed by atoms with E-state index in [1.54, 1.807) is 0 Å². The number of halogens is 6. The monoisotopic (exact) mass is 440 g/mol. The fraction of sp³-hybridized carbons (Fsp3) is 0.667. The molecule has 9 heteroatoms. The van der Waals surface area contributed by atoms with Crippen LogP contribution in [-0.2, 0) is 19.9 Å². The molecule has 1 saturated carbocycles. The number of alkyl halides is 6. The Kier molecular flexibility index (Phi) is 7.82. The topological polar surface area (TPSA) is 35.5 Å². The normalized spacial score (nSPS) is 22.3. The Morgan fingerprint density at radius 2 is 1.70 bits per heavy atom. The molecule has 0 aromatic heterocycles. The van der Waals surface area contributed by atoms with E-state index in [-0.39, 0.29) is 12.3 Å². The summed E-state index contributed by atoms with van der Waals surface area (Å²) in [6.07, 6.45) is -8.63. The molecule has 0 bridgehead atoms. The van der Waals surface area contributed by atoms with Gasteiger partial charge in [-0.05, 0) is 12.3 Å². The van der Waals surface area contributed by atoms with Gasteiger partial charge in [-0.3, -0.25) is 0 Å². The van der Waals surface area contributed by atoms with Crippen LogP contribution in [0.2, 0.25) is 0 Å². The van der Waals surface area contributed by atoms with Crippen LogP contribution in [0, 0.1) is 11.8 Å². The van der Waals surface area contributed by atoms with Gasteiger partial charge in [0.2, 0.25) is 0 Å². The van der Waals surface area contributed by atoms with Gasteiger partial charge in [-0.1, -0.05) is 69.4 Å². The summed E-state index contributed by atoms with van der Waals surface area (Å²) in [6.45, 7) is 2.01. The minimum atomic E-state index is -5.32. The van der Waals surface area contributed by atoms with Crippen LogP contribution in [0.5, 0.6) is 0 Å². The van der Waals surface area contributed by atoms with Crippen LogP contribution in [0.15, 0.2) is 30.3 Å². The van der Waals surface area contributed by atoms with E-state index in [0.29, 0.717) is 13.5 Å². The van der Waals surface area contributed by atoms with Crippen LogP contribution in [-0.4, -0.2) is 31.5 Å². The standard InChI is InChI=1S/C21H26F6O3/c1-3-4-5-7-10-14-13-16(14)17(20(22,23)24)30-18(28)19(29-2,21(25,26)27)15-11-8-6-9-12-15/h6,8-9,11-12,14,16-17H,3-5,7,10,13H2,1-2H3/t14-,16+,17-,19-/m0/s1. The van der Waals surface area contributed by atoms with Crippen LogP contribution in [0.4, 0.5) is 26.3 Å². The fourth-order valence-electron chi connectivity index (χ4n) is 3.79. The molecular formula is C21H26F6O3. The van der Waals surface area contributed by atoms with Gasteiger partial charge in [0.25, 0.3) is 5.60 Å². The highest BCUT2D eigenvalue weighted by Gasteiger charge is 2.66. The zero-order valence-electron chi connectivity index (χ0n) is 16.9. The fourth-order valence-corrected chi connectivity index (χ4v) is 3.79. The molecule has 0 amide bonds. The van der Waals surface area contributed by atoms with Crippen LogP contribution < -0.4 is 0 Å². The quantitative estimate of drug-likeness (QED) is 0.248. The third-order valence-corrected chi connectivity index (χ3v) is 5.52. The number of carbonyl (C=O) groups excluding carboxylic acids is 1. The van der Waals surface area contributed by atoms with E-state index in [4.69, 9.17) is 0 Å². The number of ether oxygens (including phenoxy) is 2. The molecule has 0 unspecified atom stereocenters. The molecule has 0 saturated heterocycles. The van der Waals surface area contributed by atoms with Crippen LogP contribution in [0.3, 0.4) is 0 Å². The predicted molar refractivity (Wildman–Crippen MR) is 97.5 cm³/mol. The van der Waals surface area contributed by atoms with E-state index < -0.39 is 41.5 Å². The number of hydrogen-bond acceptors (Lipinski definition) is 3. The minimum Gasteiger partial charge on any atom is -0.450 e. The molecule has 30 heavy (non-hydrogen) atoms. The van der Waals surface area contributed by atoms with Crippen LogP contribution >= 0.6 is 0 Å². The van der Waals surface area contributed by atoms with Crippen molar-refractivity contribution in [1.82, 2.24) is 0 Å². The van der Waals surface area contributed by atoms with E-state index in [9.17, 15) is 31.1 Å². The second kappa shape index (κ2) is 9.58. The summed E-state index contributed by atoms with van der Waals surface area (Å²) in [6, 6.07) is 5.81. The van der Waals surface area contributed by atoms with Gasteiger partial charge >= 0.3 is 18.3 Å². The molecule has 0 spiro atoms. The van der Waals surface area contributed by atoms with Gasteiger partial charge in [0.15, 0.2) is 6.10 Å². The summed E-state index contributed by atoms with van der Waals surface area (Å²) in [5, 5.41) is 0. The Morgan fingerprint density at radius 3 is 2.20 bits per heavy atom. The molecule has 1 fully saturated rings. The average molecular weight is 440 g/mol. The molecule has 1 aliphatic carbocycles. The maximum absolute atomic E-state index is 13.9. The lowest BCUT2D eigenvalue weighted by Crippen LogP contribution is -2.54. The third kappa shape index (κ3) is 5.28. The van der Waals surface area contributed by atoms with Crippen LogP contribution in [0.25, 0.3) is 0 Å². The van der Waals surface area contributed by atoms with Crippen LogP contribution in [0.1, 0.15) is 51.0 Å². The predicted octanol–water partition coefficient (Wildman–Crippen LogP) is 6.17. The number of hydrogen-bond donors (Lipinski definition) is 0. The number of rotatable bonds is 10. The van der Waals surface area contributed by atoms with Gasteiger partial charge in [-0.15, -0.1) is 0 Å². The number of methoxy groups -OCH3 is 1. The summed E-state index contributed by atoms with van der Waals surface area (Å²) < 4.78 is 91.4. The minimum absolute atomic E-state index is 0.168. The van der Waals surface area contributed by atoms with E-state index in [0.717, 1.165) is 37.8 Å². The van der Waals surface area contributed by atoms with Crippen molar-refractivity contribution in [3.8, 4) is 0 Å². The highest BCUT2D eigenvalue weighted by Crippen LogP contribution is 2.51. The molecule has 0 heterocycles. The maximum Gasteiger partial charge on any atom is 0.432 e. The van der Waals surface area contributed by atoms with Gasteiger partial charge < -0.3 is 9.47 Å². The van der Waals surface area contributed by atoms with Gasteiger partial charge in [0, 0.05) is 18.6 Å². The van der Waals surface area contributed by atoms with Gasteiger partial charge in [-0.2, -0.15) is 26.3 Å². The molecule has 1 aromatic carbocycles. The van der Waals surface area contributed by atoms with Crippen molar-refractivity contribution in [3.63, 3.8) is 0 Å². The summed E-state index contributed by atoms with van der Waals surface area (Å²) in [5.41, 5.74) is -4.28. The first-order valence-corrected chi connectivity index (χ1v) is 9.94. The Labute approximate surface area is 171 Å². The molecule has 0 aliphatic heterocycles. The summed E-state index contributed by atoms with van der Waals surface area (Å²) >= 11 is 0. The van der Waals surface area contributed by atoms with Crippen molar-refractivity contribution in [2.24, 2.45) is 11.8 Å². The highest BCUT2D eigenvalue weighted by molar-refractivity contribution is 5.83. The number of carbonyl (C=O) groups is 1. The lowest BCUT2D eigenvalue weighted by Gasteiger charge is -2.34. The smallest absolute Gasteiger partial charge is 0.432 e. The zero-order valence-corrected chi connectivity index (χ0v) is 16.9. The maximum atomic E-state index is 13.9. The molecular weight excluding hydrogens is 414 g/mol. The van der Waals surface area contributed by atoms with Gasteiger partial charge in [0.05, 0.1) is 0 Å². The number of benzene rings is 1. The van der Waals surface area contributed by atoms with E-state index >= 15 is 0 Å². The largest absolute Gasteiger partial charge is 0.450 e. The highest BCUT2D eigenvalue weighted by atomic mass is 19.4. The Balaban J connectivity index is 2.23. The third-order valence-electron chi connectivity index (χ3n) is 5.52. The van der Waals surface area contributed by atoms with Crippen molar-refractivity contribution >= 4 is 5.97 Å². The van der Waals surface area contributed by atoms with Crippen molar-refractivity contribution in [1.29, 1.82) is 0 Å².